The maximum absolute atomic E-state index is 12.1. The number of hydrogen-bond acceptors (Lipinski definition) is 3. The molecule has 0 radical (unpaired) electrons. The monoisotopic (exact) mass is 340 g/mol. The zero-order chi connectivity index (χ0) is 14.4. The van der Waals surface area contributed by atoms with Gasteiger partial charge in [0.15, 0.2) is 0 Å². The normalized spacial score (nSPS) is 16.2. The average molecular weight is 341 g/mol. The minimum absolute atomic E-state index is 0.191. The molecule has 1 aromatic carbocycles. The first-order valence-corrected chi connectivity index (χ1v) is 7.87. The number of piperazine rings is 1. The maximum Gasteiger partial charge on any atom is 0.226 e. The Morgan fingerprint density at radius 3 is 2.70 bits per heavy atom. The first-order valence-electron chi connectivity index (χ1n) is 7.07. The largest absolute Gasteiger partial charge is 0.493 e. The van der Waals surface area contributed by atoms with E-state index in [9.17, 15) is 4.79 Å². The van der Waals surface area contributed by atoms with Crippen LogP contribution in [-0.2, 0) is 4.79 Å². The van der Waals surface area contributed by atoms with Crippen molar-refractivity contribution in [3.63, 3.8) is 0 Å². The van der Waals surface area contributed by atoms with Crippen LogP contribution in [0.15, 0.2) is 28.7 Å². The molecule has 0 bridgehead atoms. The van der Waals surface area contributed by atoms with Crippen molar-refractivity contribution < 1.29 is 9.53 Å². The maximum atomic E-state index is 12.1. The van der Waals surface area contributed by atoms with E-state index in [0.717, 1.165) is 42.9 Å². The topological polar surface area (TPSA) is 32.8 Å². The molecular weight excluding hydrogens is 320 g/mol. The van der Waals surface area contributed by atoms with Gasteiger partial charge in [-0.3, -0.25) is 4.79 Å². The molecule has 1 amide bonds. The van der Waals surface area contributed by atoms with Crippen molar-refractivity contribution in [3.8, 4) is 5.75 Å². The SMILES string of the molecule is CCN1CCN(C(=O)CCOc2cccc(Br)c2)CC1. The molecule has 1 aromatic rings. The Kier molecular flexibility index (Phi) is 5.86. The highest BCUT2D eigenvalue weighted by atomic mass is 79.9. The van der Waals surface area contributed by atoms with E-state index in [0.29, 0.717) is 13.0 Å². The van der Waals surface area contributed by atoms with Crippen LogP contribution in [-0.4, -0.2) is 55.0 Å². The molecule has 1 heterocycles. The van der Waals surface area contributed by atoms with Crippen LogP contribution in [0.3, 0.4) is 0 Å². The molecule has 0 aromatic heterocycles. The quantitative estimate of drug-likeness (QED) is 0.824. The number of carbonyl (C=O) groups excluding carboxylic acids is 1. The Labute approximate surface area is 128 Å². The number of ether oxygens (including phenoxy) is 1. The van der Waals surface area contributed by atoms with E-state index in [-0.39, 0.29) is 5.91 Å². The highest BCUT2D eigenvalue weighted by Crippen LogP contribution is 2.17. The van der Waals surface area contributed by atoms with Gasteiger partial charge < -0.3 is 14.5 Å². The summed E-state index contributed by atoms with van der Waals surface area (Å²) in [6.45, 7) is 7.29. The Balaban J connectivity index is 1.70. The number of likely N-dealkylation sites (N-methyl/N-ethyl adjacent to an activating group) is 1. The van der Waals surface area contributed by atoms with Crippen molar-refractivity contribution in [3.05, 3.63) is 28.7 Å². The van der Waals surface area contributed by atoms with Crippen molar-refractivity contribution in [1.29, 1.82) is 0 Å². The molecule has 0 unspecified atom stereocenters. The summed E-state index contributed by atoms with van der Waals surface area (Å²) in [4.78, 5) is 16.4. The molecular formula is C15H21BrN2O2. The fourth-order valence-electron chi connectivity index (χ4n) is 2.28. The van der Waals surface area contributed by atoms with E-state index in [1.807, 2.05) is 29.2 Å². The fourth-order valence-corrected chi connectivity index (χ4v) is 2.66. The van der Waals surface area contributed by atoms with E-state index in [4.69, 9.17) is 4.74 Å². The Morgan fingerprint density at radius 1 is 1.30 bits per heavy atom. The van der Waals surface area contributed by atoms with Gasteiger partial charge in [-0.25, -0.2) is 0 Å². The number of halogens is 1. The molecule has 0 spiro atoms. The summed E-state index contributed by atoms with van der Waals surface area (Å²) in [5.41, 5.74) is 0. The molecule has 0 atom stereocenters. The first-order chi connectivity index (χ1) is 9.69. The van der Waals surface area contributed by atoms with Gasteiger partial charge in [-0.15, -0.1) is 0 Å². The molecule has 1 fully saturated rings. The molecule has 20 heavy (non-hydrogen) atoms. The molecule has 0 N–H and O–H groups in total. The summed E-state index contributed by atoms with van der Waals surface area (Å²) < 4.78 is 6.59. The van der Waals surface area contributed by atoms with Gasteiger partial charge in [0.1, 0.15) is 5.75 Å². The molecule has 4 nitrogen and oxygen atoms in total. The minimum Gasteiger partial charge on any atom is -0.493 e. The van der Waals surface area contributed by atoms with Crippen molar-refractivity contribution in [2.75, 3.05) is 39.3 Å². The van der Waals surface area contributed by atoms with Crippen LogP contribution < -0.4 is 4.74 Å². The van der Waals surface area contributed by atoms with Gasteiger partial charge in [0, 0.05) is 30.7 Å². The lowest BCUT2D eigenvalue weighted by molar-refractivity contribution is -0.133. The fraction of sp³-hybridized carbons (Fsp3) is 0.533. The lowest BCUT2D eigenvalue weighted by atomic mass is 10.3. The number of rotatable bonds is 5. The third-order valence-corrected chi connectivity index (χ3v) is 4.05. The van der Waals surface area contributed by atoms with Gasteiger partial charge in [0.25, 0.3) is 0 Å². The summed E-state index contributed by atoms with van der Waals surface area (Å²) in [5.74, 6) is 0.985. The molecule has 2 rings (SSSR count). The van der Waals surface area contributed by atoms with Gasteiger partial charge >= 0.3 is 0 Å². The average Bonchev–Trinajstić information content (AvgIpc) is 2.47. The van der Waals surface area contributed by atoms with Crippen LogP contribution in [0, 0.1) is 0 Å². The van der Waals surface area contributed by atoms with Crippen molar-refractivity contribution in [1.82, 2.24) is 9.80 Å². The van der Waals surface area contributed by atoms with Crippen LogP contribution in [0.4, 0.5) is 0 Å². The summed E-state index contributed by atoms with van der Waals surface area (Å²) in [6, 6.07) is 7.68. The summed E-state index contributed by atoms with van der Waals surface area (Å²) >= 11 is 3.40. The summed E-state index contributed by atoms with van der Waals surface area (Å²) in [6.07, 6.45) is 0.443. The molecule has 110 valence electrons. The third kappa shape index (κ3) is 4.49. The van der Waals surface area contributed by atoms with Gasteiger partial charge in [-0.05, 0) is 24.7 Å². The van der Waals surface area contributed by atoms with Crippen LogP contribution in [0.5, 0.6) is 5.75 Å². The van der Waals surface area contributed by atoms with Crippen molar-refractivity contribution in [2.24, 2.45) is 0 Å². The van der Waals surface area contributed by atoms with Crippen LogP contribution >= 0.6 is 15.9 Å². The second-order valence-corrected chi connectivity index (χ2v) is 5.79. The number of carbonyl (C=O) groups is 1. The van der Waals surface area contributed by atoms with E-state index >= 15 is 0 Å². The van der Waals surface area contributed by atoms with Gasteiger partial charge in [-0.1, -0.05) is 28.9 Å². The van der Waals surface area contributed by atoms with E-state index in [2.05, 4.69) is 27.8 Å². The zero-order valence-corrected chi connectivity index (χ0v) is 13.4. The summed E-state index contributed by atoms with van der Waals surface area (Å²) in [5, 5.41) is 0. The van der Waals surface area contributed by atoms with Crippen molar-refractivity contribution >= 4 is 21.8 Å². The Morgan fingerprint density at radius 2 is 2.05 bits per heavy atom. The molecule has 0 aliphatic carbocycles. The van der Waals surface area contributed by atoms with E-state index in [1.165, 1.54) is 0 Å². The smallest absolute Gasteiger partial charge is 0.226 e. The van der Waals surface area contributed by atoms with E-state index < -0.39 is 0 Å². The highest BCUT2D eigenvalue weighted by molar-refractivity contribution is 9.10. The zero-order valence-electron chi connectivity index (χ0n) is 11.8. The molecule has 1 aliphatic rings. The highest BCUT2D eigenvalue weighted by Gasteiger charge is 2.19. The first kappa shape index (κ1) is 15.3. The van der Waals surface area contributed by atoms with Gasteiger partial charge in [0.2, 0.25) is 5.91 Å². The lowest BCUT2D eigenvalue weighted by Crippen LogP contribution is -2.48. The molecule has 0 saturated carbocycles. The summed E-state index contributed by atoms with van der Waals surface area (Å²) in [7, 11) is 0. The standard InChI is InChI=1S/C15H21BrN2O2/c1-2-17-7-9-18(10-8-17)15(19)6-11-20-14-5-3-4-13(16)12-14/h3-5,12H,2,6-11H2,1H3. The van der Waals surface area contributed by atoms with Crippen molar-refractivity contribution in [2.45, 2.75) is 13.3 Å². The molecule has 1 saturated heterocycles. The Hall–Kier alpha value is -1.07. The third-order valence-electron chi connectivity index (χ3n) is 3.55. The number of amides is 1. The second kappa shape index (κ2) is 7.64. The second-order valence-electron chi connectivity index (χ2n) is 4.87. The molecule has 5 heteroatoms. The van der Waals surface area contributed by atoms with Crippen LogP contribution in [0.1, 0.15) is 13.3 Å². The lowest BCUT2D eigenvalue weighted by Gasteiger charge is -2.34. The number of hydrogen-bond donors (Lipinski definition) is 0. The predicted molar refractivity (Wildman–Crippen MR) is 82.9 cm³/mol. The molecule has 1 aliphatic heterocycles. The number of nitrogens with zero attached hydrogens (tertiary/aromatic N) is 2. The van der Waals surface area contributed by atoms with Crippen LogP contribution in [0.2, 0.25) is 0 Å². The van der Waals surface area contributed by atoms with E-state index in [1.54, 1.807) is 0 Å². The number of benzene rings is 1. The Bertz CT molecular complexity index is 445. The predicted octanol–water partition coefficient (Wildman–Crippen LogP) is 2.38. The van der Waals surface area contributed by atoms with Gasteiger partial charge in [0.05, 0.1) is 13.0 Å². The minimum atomic E-state index is 0.191. The van der Waals surface area contributed by atoms with Gasteiger partial charge in [-0.2, -0.15) is 0 Å². The van der Waals surface area contributed by atoms with Crippen LogP contribution in [0.25, 0.3) is 0 Å².